The third kappa shape index (κ3) is 3.44. The average Bonchev–Trinajstić information content (AvgIpc) is 2.77. The van der Waals surface area contributed by atoms with E-state index in [1.807, 2.05) is 12.1 Å². The lowest BCUT2D eigenvalue weighted by molar-refractivity contribution is 0.342. The van der Waals surface area contributed by atoms with Gasteiger partial charge in [-0.25, -0.2) is 18.2 Å². The van der Waals surface area contributed by atoms with Crippen LogP contribution in [-0.2, 0) is 23.4 Å². The Hall–Kier alpha value is -2.41. The molecule has 2 aromatic heterocycles. The molecule has 26 heavy (non-hydrogen) atoms. The van der Waals surface area contributed by atoms with Crippen LogP contribution in [0, 0.1) is 5.41 Å². The lowest BCUT2D eigenvalue weighted by Gasteiger charge is -2.18. The average molecular weight is 373 g/mol. The largest absolute Gasteiger partial charge is 0.330 e. The highest BCUT2D eigenvalue weighted by atomic mass is 32.2. The van der Waals surface area contributed by atoms with Crippen molar-refractivity contribution in [3.8, 4) is 11.3 Å². The summed E-state index contributed by atoms with van der Waals surface area (Å²) < 4.78 is 26.5. The van der Waals surface area contributed by atoms with Gasteiger partial charge in [-0.1, -0.05) is 32.9 Å². The van der Waals surface area contributed by atoms with E-state index in [0.29, 0.717) is 17.9 Å². The van der Waals surface area contributed by atoms with Gasteiger partial charge in [0.1, 0.15) is 0 Å². The van der Waals surface area contributed by atoms with E-state index in [2.05, 4.69) is 25.8 Å². The first kappa shape index (κ1) is 18.4. The summed E-state index contributed by atoms with van der Waals surface area (Å²) in [6.45, 7) is 6.86. The van der Waals surface area contributed by atoms with Gasteiger partial charge in [0.05, 0.1) is 16.1 Å². The summed E-state index contributed by atoms with van der Waals surface area (Å²) in [5, 5.41) is 0. The number of nitrogens with zero attached hydrogens (tertiary/aromatic N) is 3. The third-order valence-corrected chi connectivity index (χ3v) is 5.32. The first-order valence-electron chi connectivity index (χ1n) is 8.34. The zero-order valence-electron chi connectivity index (χ0n) is 15.6. The predicted molar refractivity (Wildman–Crippen MR) is 103 cm³/mol. The fraction of sp³-hybridized carbons (Fsp3) is 0.368. The summed E-state index contributed by atoms with van der Waals surface area (Å²) in [5.74, 6) is 0. The minimum atomic E-state index is -3.23. The number of aryl methyl sites for hydroxylation is 1. The monoisotopic (exact) mass is 373 g/mol. The molecule has 0 saturated heterocycles. The van der Waals surface area contributed by atoms with Crippen LogP contribution < -0.4 is 5.69 Å². The number of imidazole rings is 1. The lowest BCUT2D eigenvalue weighted by atomic mass is 9.97. The summed E-state index contributed by atoms with van der Waals surface area (Å²) in [5.41, 5.74) is 2.79. The normalized spacial score (nSPS) is 12.7. The highest BCUT2D eigenvalue weighted by molar-refractivity contribution is 7.90. The molecule has 0 aliphatic carbocycles. The van der Waals surface area contributed by atoms with Gasteiger partial charge in [0.25, 0.3) is 0 Å². The maximum absolute atomic E-state index is 12.6. The first-order chi connectivity index (χ1) is 12.0. The SMILES string of the molecule is Cn1c(=O)n(CC(C)(C)C)c2ccc(-c3ccc(S(C)(=O)=O)cc3)nc21. The summed E-state index contributed by atoms with van der Waals surface area (Å²) in [7, 11) is -1.52. The van der Waals surface area contributed by atoms with Gasteiger partial charge in [0.15, 0.2) is 15.5 Å². The van der Waals surface area contributed by atoms with Crippen LogP contribution in [0.1, 0.15) is 20.8 Å². The van der Waals surface area contributed by atoms with Crippen molar-refractivity contribution < 1.29 is 8.42 Å². The number of rotatable bonds is 3. The van der Waals surface area contributed by atoms with Crippen molar-refractivity contribution in [2.24, 2.45) is 12.5 Å². The molecule has 0 aliphatic rings. The van der Waals surface area contributed by atoms with E-state index >= 15 is 0 Å². The molecule has 138 valence electrons. The van der Waals surface area contributed by atoms with E-state index in [-0.39, 0.29) is 16.0 Å². The quantitative estimate of drug-likeness (QED) is 0.708. The van der Waals surface area contributed by atoms with Crippen LogP contribution in [0.2, 0.25) is 0 Å². The third-order valence-electron chi connectivity index (χ3n) is 4.19. The van der Waals surface area contributed by atoms with Crippen molar-refractivity contribution in [2.75, 3.05) is 6.26 Å². The second kappa shape index (κ2) is 6.09. The molecule has 0 saturated carbocycles. The van der Waals surface area contributed by atoms with Gasteiger partial charge in [-0.15, -0.1) is 0 Å². The molecule has 3 rings (SSSR count). The number of aromatic nitrogens is 3. The van der Waals surface area contributed by atoms with Crippen LogP contribution >= 0.6 is 0 Å². The zero-order chi connectivity index (χ0) is 19.3. The Morgan fingerprint density at radius 2 is 1.65 bits per heavy atom. The molecule has 2 heterocycles. The van der Waals surface area contributed by atoms with Crippen LogP contribution in [0.5, 0.6) is 0 Å². The molecule has 0 unspecified atom stereocenters. The van der Waals surface area contributed by atoms with E-state index in [9.17, 15) is 13.2 Å². The molecule has 0 fully saturated rings. The van der Waals surface area contributed by atoms with Crippen LogP contribution in [0.25, 0.3) is 22.4 Å². The number of sulfone groups is 1. The number of fused-ring (bicyclic) bond motifs is 1. The highest BCUT2D eigenvalue weighted by Gasteiger charge is 2.19. The van der Waals surface area contributed by atoms with Gasteiger partial charge >= 0.3 is 5.69 Å². The van der Waals surface area contributed by atoms with Crippen molar-refractivity contribution in [2.45, 2.75) is 32.2 Å². The van der Waals surface area contributed by atoms with Crippen molar-refractivity contribution in [1.29, 1.82) is 0 Å². The fourth-order valence-corrected chi connectivity index (χ4v) is 3.56. The van der Waals surface area contributed by atoms with E-state index in [4.69, 9.17) is 0 Å². The lowest BCUT2D eigenvalue weighted by Crippen LogP contribution is -2.27. The fourth-order valence-electron chi connectivity index (χ4n) is 2.93. The van der Waals surface area contributed by atoms with Gasteiger partial charge in [-0.05, 0) is 29.7 Å². The van der Waals surface area contributed by atoms with Gasteiger partial charge < -0.3 is 0 Å². The summed E-state index contributed by atoms with van der Waals surface area (Å²) >= 11 is 0. The molecule has 0 aliphatic heterocycles. The van der Waals surface area contributed by atoms with Crippen LogP contribution in [0.3, 0.4) is 0 Å². The highest BCUT2D eigenvalue weighted by Crippen LogP contribution is 2.24. The Balaban J connectivity index is 2.11. The maximum Gasteiger partial charge on any atom is 0.330 e. The van der Waals surface area contributed by atoms with Crippen molar-refractivity contribution >= 4 is 21.0 Å². The summed E-state index contributed by atoms with van der Waals surface area (Å²) in [6, 6.07) is 10.4. The van der Waals surface area contributed by atoms with Crippen LogP contribution in [0.4, 0.5) is 0 Å². The molecule has 1 aromatic carbocycles. The van der Waals surface area contributed by atoms with Crippen molar-refractivity contribution in [3.05, 3.63) is 46.9 Å². The van der Waals surface area contributed by atoms with Gasteiger partial charge in [-0.2, -0.15) is 0 Å². The Morgan fingerprint density at radius 3 is 2.19 bits per heavy atom. The molecule has 0 amide bonds. The minimum Gasteiger partial charge on any atom is -0.290 e. The number of pyridine rings is 1. The Morgan fingerprint density at radius 1 is 1.04 bits per heavy atom. The van der Waals surface area contributed by atoms with Gasteiger partial charge in [0, 0.05) is 25.4 Å². The zero-order valence-corrected chi connectivity index (χ0v) is 16.5. The van der Waals surface area contributed by atoms with E-state index in [1.54, 1.807) is 40.4 Å². The van der Waals surface area contributed by atoms with Crippen molar-refractivity contribution in [3.63, 3.8) is 0 Å². The Kier molecular flexibility index (Phi) is 4.30. The van der Waals surface area contributed by atoms with Crippen LogP contribution in [-0.4, -0.2) is 28.8 Å². The summed E-state index contributed by atoms with van der Waals surface area (Å²) in [6.07, 6.45) is 1.18. The predicted octanol–water partition coefficient (Wildman–Crippen LogP) is 2.85. The molecule has 7 heteroatoms. The standard InChI is InChI=1S/C19H23N3O3S/c1-19(2,3)12-22-16-11-10-15(20-17(16)21(4)18(22)23)13-6-8-14(9-7-13)26(5,24)25/h6-11H,12H2,1-5H3. The molecular formula is C19H23N3O3S. The van der Waals surface area contributed by atoms with Crippen LogP contribution in [0.15, 0.2) is 46.1 Å². The maximum atomic E-state index is 12.6. The molecular weight excluding hydrogens is 350 g/mol. The second-order valence-corrected chi connectivity index (χ2v) is 9.84. The van der Waals surface area contributed by atoms with Crippen molar-refractivity contribution in [1.82, 2.24) is 14.1 Å². The second-order valence-electron chi connectivity index (χ2n) is 7.82. The molecule has 6 nitrogen and oxygen atoms in total. The Bertz CT molecular complexity index is 1130. The summed E-state index contributed by atoms with van der Waals surface area (Å²) in [4.78, 5) is 17.5. The first-order valence-corrected chi connectivity index (χ1v) is 10.2. The topological polar surface area (TPSA) is 74.0 Å². The number of benzene rings is 1. The molecule has 0 radical (unpaired) electrons. The number of hydrogen-bond donors (Lipinski definition) is 0. The van der Waals surface area contributed by atoms with Gasteiger partial charge in [-0.3, -0.25) is 9.13 Å². The molecule has 0 atom stereocenters. The molecule has 0 N–H and O–H groups in total. The molecule has 0 bridgehead atoms. The minimum absolute atomic E-state index is 0.0295. The number of hydrogen-bond acceptors (Lipinski definition) is 4. The van der Waals surface area contributed by atoms with Gasteiger partial charge in [0.2, 0.25) is 0 Å². The molecule has 0 spiro atoms. The Labute approximate surface area is 153 Å². The van der Waals surface area contributed by atoms with E-state index in [0.717, 1.165) is 11.1 Å². The smallest absolute Gasteiger partial charge is 0.290 e. The van der Waals surface area contributed by atoms with E-state index in [1.165, 1.54) is 6.26 Å². The van der Waals surface area contributed by atoms with E-state index < -0.39 is 9.84 Å². The molecule has 3 aromatic rings.